The van der Waals surface area contributed by atoms with E-state index < -0.39 is 0 Å². The Bertz CT molecular complexity index is 1200. The van der Waals surface area contributed by atoms with Gasteiger partial charge in [-0.15, -0.1) is 0 Å². The number of piperazine rings is 1. The van der Waals surface area contributed by atoms with Crippen LogP contribution in [0.2, 0.25) is 5.02 Å². The lowest BCUT2D eigenvalue weighted by molar-refractivity contribution is 0.0909. The molecule has 2 fully saturated rings. The average molecular weight is 518 g/mol. The molecule has 1 aromatic heterocycles. The number of likely N-dealkylation sites (tertiary alicyclic amines) is 1. The van der Waals surface area contributed by atoms with E-state index in [1.165, 1.54) is 11.1 Å². The first kappa shape index (κ1) is 25.7. The normalized spacial score (nSPS) is 17.6. The predicted molar refractivity (Wildman–Crippen MR) is 151 cm³/mol. The van der Waals surface area contributed by atoms with Crippen molar-refractivity contribution in [1.82, 2.24) is 20.1 Å². The highest BCUT2D eigenvalue weighted by Gasteiger charge is 2.22. The number of piperidine rings is 1. The van der Waals surface area contributed by atoms with E-state index in [4.69, 9.17) is 16.6 Å². The number of nitrogens with one attached hydrogen (secondary N) is 1. The molecule has 5 rings (SSSR count). The quantitative estimate of drug-likeness (QED) is 0.506. The van der Waals surface area contributed by atoms with Crippen LogP contribution in [-0.4, -0.2) is 73.0 Å². The Morgan fingerprint density at radius 3 is 2.38 bits per heavy atom. The molecule has 1 N–H and O–H groups in total. The van der Waals surface area contributed by atoms with Crippen LogP contribution in [0.4, 0.5) is 5.82 Å². The Hall–Kier alpha value is -2.93. The number of halogens is 1. The second-order valence-corrected chi connectivity index (χ2v) is 10.8. The van der Waals surface area contributed by atoms with Crippen molar-refractivity contribution in [3.05, 3.63) is 82.5 Å². The van der Waals surface area contributed by atoms with E-state index in [0.29, 0.717) is 10.6 Å². The number of hydrogen-bond donors (Lipinski definition) is 1. The third kappa shape index (κ3) is 6.50. The summed E-state index contributed by atoms with van der Waals surface area (Å²) in [7, 11) is 2.17. The molecule has 2 aliphatic rings. The molecular formula is C30H36ClN5O. The molecule has 0 radical (unpaired) electrons. The molecule has 2 aliphatic heterocycles. The van der Waals surface area contributed by atoms with E-state index in [2.05, 4.69) is 58.3 Å². The van der Waals surface area contributed by atoms with Crippen molar-refractivity contribution in [2.75, 3.05) is 51.2 Å². The standard InChI is InChI=1S/C30H36ClN5O/c1-22-3-6-24(7-4-22)27-19-25(8-9-28(27)31)30(37)33-26-11-13-35(14-12-26)21-23-5-10-29(32-20-23)36-17-15-34(2)16-18-36/h3-10,19-20,26H,11-18,21H2,1-2H3,(H,33,37). The monoisotopic (exact) mass is 517 g/mol. The minimum Gasteiger partial charge on any atom is -0.354 e. The van der Waals surface area contributed by atoms with Crippen LogP contribution in [0.3, 0.4) is 0 Å². The van der Waals surface area contributed by atoms with Crippen molar-refractivity contribution < 1.29 is 4.79 Å². The van der Waals surface area contributed by atoms with Crippen LogP contribution in [-0.2, 0) is 6.54 Å². The number of pyridine rings is 1. The number of hydrogen-bond acceptors (Lipinski definition) is 5. The van der Waals surface area contributed by atoms with Gasteiger partial charge in [0.05, 0.1) is 0 Å². The summed E-state index contributed by atoms with van der Waals surface area (Å²) in [6.45, 7) is 9.11. The molecule has 0 spiro atoms. The van der Waals surface area contributed by atoms with Gasteiger partial charge in [-0.05, 0) is 62.2 Å². The first-order valence-electron chi connectivity index (χ1n) is 13.2. The van der Waals surface area contributed by atoms with E-state index >= 15 is 0 Å². The van der Waals surface area contributed by atoms with Crippen molar-refractivity contribution in [3.8, 4) is 11.1 Å². The maximum Gasteiger partial charge on any atom is 0.251 e. The lowest BCUT2D eigenvalue weighted by atomic mass is 10.0. The number of amides is 1. The number of rotatable bonds is 6. The van der Waals surface area contributed by atoms with Crippen LogP contribution in [0.15, 0.2) is 60.8 Å². The third-order valence-corrected chi connectivity index (χ3v) is 7.89. The largest absolute Gasteiger partial charge is 0.354 e. The van der Waals surface area contributed by atoms with Gasteiger partial charge in [0.1, 0.15) is 5.82 Å². The number of carbonyl (C=O) groups is 1. The van der Waals surface area contributed by atoms with Crippen LogP contribution in [0.1, 0.15) is 34.3 Å². The van der Waals surface area contributed by atoms with Gasteiger partial charge in [0.2, 0.25) is 0 Å². The summed E-state index contributed by atoms with van der Waals surface area (Å²) in [5.74, 6) is 1.04. The zero-order valence-corrected chi connectivity index (χ0v) is 22.5. The van der Waals surface area contributed by atoms with E-state index in [-0.39, 0.29) is 11.9 Å². The number of aromatic nitrogens is 1. The summed E-state index contributed by atoms with van der Waals surface area (Å²) < 4.78 is 0. The highest BCUT2D eigenvalue weighted by Crippen LogP contribution is 2.29. The van der Waals surface area contributed by atoms with Crippen molar-refractivity contribution in [2.24, 2.45) is 0 Å². The van der Waals surface area contributed by atoms with Crippen LogP contribution in [0, 0.1) is 6.92 Å². The van der Waals surface area contributed by atoms with Gasteiger partial charge in [0.25, 0.3) is 5.91 Å². The van der Waals surface area contributed by atoms with Crippen molar-refractivity contribution in [1.29, 1.82) is 0 Å². The van der Waals surface area contributed by atoms with Gasteiger partial charge in [-0.2, -0.15) is 0 Å². The van der Waals surface area contributed by atoms with Crippen LogP contribution >= 0.6 is 11.6 Å². The second-order valence-electron chi connectivity index (χ2n) is 10.4. The Morgan fingerprint density at radius 1 is 0.973 bits per heavy atom. The fourth-order valence-electron chi connectivity index (χ4n) is 5.12. The van der Waals surface area contributed by atoms with Crippen molar-refractivity contribution in [2.45, 2.75) is 32.4 Å². The molecule has 6 nitrogen and oxygen atoms in total. The van der Waals surface area contributed by atoms with Crippen molar-refractivity contribution >= 4 is 23.3 Å². The number of benzene rings is 2. The minimum atomic E-state index is -0.0350. The molecule has 7 heteroatoms. The Morgan fingerprint density at radius 2 is 1.70 bits per heavy atom. The third-order valence-electron chi connectivity index (χ3n) is 7.56. The molecule has 0 bridgehead atoms. The Balaban J connectivity index is 1.12. The molecule has 0 atom stereocenters. The van der Waals surface area contributed by atoms with E-state index in [9.17, 15) is 4.79 Å². The molecule has 37 heavy (non-hydrogen) atoms. The van der Waals surface area contributed by atoms with Gasteiger partial charge in [-0.3, -0.25) is 9.69 Å². The van der Waals surface area contributed by atoms with Gasteiger partial charge in [0, 0.05) is 74.2 Å². The number of aryl methyl sites for hydroxylation is 1. The van der Waals surface area contributed by atoms with Crippen LogP contribution in [0.25, 0.3) is 11.1 Å². The fourth-order valence-corrected chi connectivity index (χ4v) is 5.34. The maximum atomic E-state index is 13.0. The van der Waals surface area contributed by atoms with Gasteiger partial charge >= 0.3 is 0 Å². The van der Waals surface area contributed by atoms with E-state index in [1.54, 1.807) is 0 Å². The topological polar surface area (TPSA) is 51.7 Å². The molecule has 2 aromatic carbocycles. The maximum absolute atomic E-state index is 13.0. The van der Waals surface area contributed by atoms with Gasteiger partial charge < -0.3 is 15.1 Å². The number of anilines is 1. The van der Waals surface area contributed by atoms with Crippen LogP contribution < -0.4 is 10.2 Å². The molecule has 3 aromatic rings. The van der Waals surface area contributed by atoms with Crippen molar-refractivity contribution in [3.63, 3.8) is 0 Å². The van der Waals surface area contributed by atoms with Gasteiger partial charge in [0.15, 0.2) is 0 Å². The zero-order chi connectivity index (χ0) is 25.8. The Labute approximate surface area is 225 Å². The molecule has 0 aliphatic carbocycles. The lowest BCUT2D eigenvalue weighted by Gasteiger charge is -2.33. The summed E-state index contributed by atoms with van der Waals surface area (Å²) >= 11 is 6.46. The Kier molecular flexibility index (Phi) is 8.08. The molecule has 3 heterocycles. The number of nitrogens with zero attached hydrogens (tertiary/aromatic N) is 4. The summed E-state index contributed by atoms with van der Waals surface area (Å²) in [5.41, 5.74) is 4.99. The molecule has 194 valence electrons. The first-order valence-corrected chi connectivity index (χ1v) is 13.6. The SMILES string of the molecule is Cc1ccc(-c2cc(C(=O)NC3CCN(Cc4ccc(N5CCN(C)CC5)nc4)CC3)ccc2Cl)cc1. The van der Waals surface area contributed by atoms with E-state index in [1.807, 2.05) is 36.5 Å². The average Bonchev–Trinajstić information content (AvgIpc) is 2.91. The highest BCUT2D eigenvalue weighted by atomic mass is 35.5. The van der Waals surface area contributed by atoms with Gasteiger partial charge in [-0.25, -0.2) is 4.98 Å². The van der Waals surface area contributed by atoms with E-state index in [0.717, 1.165) is 75.6 Å². The van der Waals surface area contributed by atoms with Crippen LogP contribution in [0.5, 0.6) is 0 Å². The molecule has 1 amide bonds. The molecule has 0 unspecified atom stereocenters. The summed E-state index contributed by atoms with van der Waals surface area (Å²) in [6, 6.07) is 18.3. The predicted octanol–water partition coefficient (Wildman–Crippen LogP) is 4.86. The lowest BCUT2D eigenvalue weighted by Crippen LogP contribution is -2.45. The summed E-state index contributed by atoms with van der Waals surface area (Å²) in [5, 5.41) is 3.90. The number of carbonyl (C=O) groups excluding carboxylic acids is 1. The second kappa shape index (κ2) is 11.6. The molecule has 2 saturated heterocycles. The fraction of sp³-hybridized carbons (Fsp3) is 0.400. The van der Waals surface area contributed by atoms with Gasteiger partial charge in [-0.1, -0.05) is 47.5 Å². The molecule has 0 saturated carbocycles. The minimum absolute atomic E-state index is 0.0350. The number of likely N-dealkylation sites (N-methyl/N-ethyl adjacent to an activating group) is 1. The zero-order valence-electron chi connectivity index (χ0n) is 21.8. The summed E-state index contributed by atoms with van der Waals surface area (Å²) in [6.07, 6.45) is 3.90. The summed E-state index contributed by atoms with van der Waals surface area (Å²) in [4.78, 5) is 24.9. The first-order chi connectivity index (χ1) is 17.9. The molecular weight excluding hydrogens is 482 g/mol. The highest BCUT2D eigenvalue weighted by molar-refractivity contribution is 6.33. The smallest absolute Gasteiger partial charge is 0.251 e.